The number of benzene rings is 2. The van der Waals surface area contributed by atoms with Crippen LogP contribution >= 0.6 is 0 Å². The Kier molecular flexibility index (Phi) is 4.48. The third-order valence-electron chi connectivity index (χ3n) is 4.31. The molecule has 2 aromatic carbocycles. The molecular formula is C19H21N4O2+. The molecule has 1 heterocycles. The van der Waals surface area contributed by atoms with Gasteiger partial charge in [0.25, 0.3) is 5.91 Å². The van der Waals surface area contributed by atoms with Crippen molar-refractivity contribution in [1.82, 2.24) is 10.0 Å². The van der Waals surface area contributed by atoms with Gasteiger partial charge in [-0.3, -0.25) is 9.79 Å². The zero-order valence-electron chi connectivity index (χ0n) is 14.3. The predicted molar refractivity (Wildman–Crippen MR) is 97.9 cm³/mol. The fourth-order valence-corrected chi connectivity index (χ4v) is 2.86. The number of likely N-dealkylation sites (N-methyl/N-ethyl adjacent to an activating group) is 1. The number of rotatable bonds is 3. The summed E-state index contributed by atoms with van der Waals surface area (Å²) in [5.74, 6) is -0.624. The fraction of sp³-hybridized carbons (Fsp3) is 0.211. The number of hydrogen-bond donors (Lipinski definition) is 2. The van der Waals surface area contributed by atoms with Crippen molar-refractivity contribution < 1.29 is 9.59 Å². The van der Waals surface area contributed by atoms with Gasteiger partial charge in [-0.1, -0.05) is 42.5 Å². The van der Waals surface area contributed by atoms with Crippen LogP contribution in [-0.2, 0) is 9.59 Å². The summed E-state index contributed by atoms with van der Waals surface area (Å²) in [5.41, 5.74) is 11.6. The highest BCUT2D eigenvalue weighted by Gasteiger charge is 2.42. The van der Waals surface area contributed by atoms with Crippen LogP contribution in [0.15, 0.2) is 59.6 Å². The van der Waals surface area contributed by atoms with Crippen LogP contribution in [0.4, 0.5) is 5.69 Å². The molecule has 2 amide bonds. The van der Waals surface area contributed by atoms with Gasteiger partial charge in [-0.25, -0.2) is 4.79 Å². The van der Waals surface area contributed by atoms with Crippen LogP contribution in [-0.4, -0.2) is 37.2 Å². The van der Waals surface area contributed by atoms with E-state index >= 15 is 0 Å². The number of nitrogens with two attached hydrogens (primary N) is 1. The number of carbonyl (C=O) groups excluding carboxylic acids is 2. The summed E-state index contributed by atoms with van der Waals surface area (Å²) >= 11 is 0. The van der Waals surface area contributed by atoms with Gasteiger partial charge in [0.1, 0.15) is 7.05 Å². The Morgan fingerprint density at radius 2 is 1.80 bits per heavy atom. The van der Waals surface area contributed by atoms with Crippen molar-refractivity contribution in [3.05, 3.63) is 65.7 Å². The Morgan fingerprint density at radius 1 is 1.16 bits per heavy atom. The maximum absolute atomic E-state index is 12.8. The van der Waals surface area contributed by atoms with Gasteiger partial charge in [0.05, 0.1) is 17.3 Å². The van der Waals surface area contributed by atoms with Gasteiger partial charge < -0.3 is 5.73 Å². The minimum Gasteiger partial charge on any atom is -0.320 e. The second kappa shape index (κ2) is 6.58. The molecule has 1 aliphatic rings. The Hall–Kier alpha value is -2.83. The number of quaternary nitrogens is 1. The van der Waals surface area contributed by atoms with E-state index in [1.54, 1.807) is 14.0 Å². The third-order valence-corrected chi connectivity index (χ3v) is 4.31. The molecule has 3 rings (SSSR count). The SMILES string of the molecule is C[C@H](N)C(=O)N[N+]1(C)C(=O)CN=C(c2ccccc2)c2ccccc21. The first kappa shape index (κ1) is 17.0. The lowest BCUT2D eigenvalue weighted by Crippen LogP contribution is -2.65. The lowest BCUT2D eigenvalue weighted by Gasteiger charge is -2.30. The van der Waals surface area contributed by atoms with Crippen molar-refractivity contribution in [2.45, 2.75) is 13.0 Å². The highest BCUT2D eigenvalue weighted by molar-refractivity contribution is 6.18. The molecule has 0 bridgehead atoms. The highest BCUT2D eigenvalue weighted by atomic mass is 16.2. The predicted octanol–water partition coefficient (Wildman–Crippen LogP) is 1.38. The quantitative estimate of drug-likeness (QED) is 0.830. The number of nitrogens with one attached hydrogen (secondary N) is 1. The van der Waals surface area contributed by atoms with E-state index in [1.807, 2.05) is 54.6 Å². The van der Waals surface area contributed by atoms with E-state index in [2.05, 4.69) is 10.4 Å². The summed E-state index contributed by atoms with van der Waals surface area (Å²) in [7, 11) is 1.66. The first-order chi connectivity index (χ1) is 11.9. The number of benzodiazepines with no additional fused rings is 1. The summed E-state index contributed by atoms with van der Waals surface area (Å²) in [4.78, 5) is 29.6. The number of nitrogens with zero attached hydrogens (tertiary/aromatic N) is 2. The first-order valence-corrected chi connectivity index (χ1v) is 8.11. The van der Waals surface area contributed by atoms with E-state index in [-0.39, 0.29) is 17.0 Å². The number of para-hydroxylation sites is 1. The van der Waals surface area contributed by atoms with Gasteiger partial charge in [0.15, 0.2) is 12.2 Å². The van der Waals surface area contributed by atoms with Crippen LogP contribution in [0, 0.1) is 0 Å². The Morgan fingerprint density at radius 3 is 2.48 bits per heavy atom. The lowest BCUT2D eigenvalue weighted by atomic mass is 10.00. The normalized spacial score (nSPS) is 20.9. The van der Waals surface area contributed by atoms with Gasteiger partial charge in [0, 0.05) is 11.6 Å². The van der Waals surface area contributed by atoms with Crippen molar-refractivity contribution in [2.24, 2.45) is 10.7 Å². The van der Waals surface area contributed by atoms with E-state index in [4.69, 9.17) is 5.73 Å². The van der Waals surface area contributed by atoms with Crippen molar-refractivity contribution in [2.75, 3.05) is 13.6 Å². The average molecular weight is 337 g/mol. The van der Waals surface area contributed by atoms with E-state index in [9.17, 15) is 9.59 Å². The molecule has 128 valence electrons. The molecule has 0 saturated carbocycles. The van der Waals surface area contributed by atoms with E-state index in [0.717, 1.165) is 16.8 Å². The molecule has 0 spiro atoms. The standard InChI is InChI=1S/C19H20N4O2/c1-13(20)19(25)22-23(2)16-11-7-6-10-15(16)18(21-12-17(23)24)14-8-4-3-5-9-14/h3-11,13H,12,20H2,1-2H3/p+1/t13-,23?/m0/s1. The molecule has 2 aromatic rings. The van der Waals surface area contributed by atoms with E-state index in [0.29, 0.717) is 5.69 Å². The van der Waals surface area contributed by atoms with Crippen LogP contribution in [0.5, 0.6) is 0 Å². The Bertz CT molecular complexity index is 846. The van der Waals surface area contributed by atoms with Crippen molar-refractivity contribution in [1.29, 1.82) is 0 Å². The van der Waals surface area contributed by atoms with Gasteiger partial charge >= 0.3 is 5.91 Å². The Labute approximate surface area is 146 Å². The molecule has 0 saturated heterocycles. The highest BCUT2D eigenvalue weighted by Crippen LogP contribution is 2.29. The largest absolute Gasteiger partial charge is 0.364 e. The number of fused-ring (bicyclic) bond motifs is 1. The topological polar surface area (TPSA) is 84.5 Å². The van der Waals surface area contributed by atoms with Gasteiger partial charge in [-0.15, -0.1) is 4.59 Å². The molecule has 25 heavy (non-hydrogen) atoms. The van der Waals surface area contributed by atoms with Crippen molar-refractivity contribution in [3.8, 4) is 0 Å². The van der Waals surface area contributed by atoms with Crippen LogP contribution in [0.3, 0.4) is 0 Å². The van der Waals surface area contributed by atoms with Gasteiger partial charge in [-0.05, 0) is 13.0 Å². The minimum absolute atomic E-state index is 0.0331. The number of carbonyl (C=O) groups is 2. The zero-order valence-corrected chi connectivity index (χ0v) is 14.3. The summed E-state index contributed by atoms with van der Waals surface area (Å²) < 4.78 is -0.365. The fourth-order valence-electron chi connectivity index (χ4n) is 2.86. The maximum Gasteiger partial charge on any atom is 0.364 e. The number of aliphatic imine (C=N–C) groups is 1. The zero-order chi connectivity index (χ0) is 18.0. The molecule has 3 N–H and O–H groups in total. The van der Waals surface area contributed by atoms with Gasteiger partial charge in [-0.2, -0.15) is 5.43 Å². The molecule has 1 aliphatic heterocycles. The molecular weight excluding hydrogens is 316 g/mol. The molecule has 0 aromatic heterocycles. The molecule has 6 heteroatoms. The van der Waals surface area contributed by atoms with Crippen LogP contribution < -0.4 is 15.8 Å². The van der Waals surface area contributed by atoms with Crippen LogP contribution in [0.1, 0.15) is 18.1 Å². The summed E-state index contributed by atoms with van der Waals surface area (Å²) in [6, 6.07) is 16.5. The second-order valence-electron chi connectivity index (χ2n) is 6.21. The third kappa shape index (κ3) is 3.09. The van der Waals surface area contributed by atoms with E-state index < -0.39 is 11.9 Å². The number of amides is 2. The van der Waals surface area contributed by atoms with Crippen molar-refractivity contribution in [3.63, 3.8) is 0 Å². The molecule has 0 fully saturated rings. The summed E-state index contributed by atoms with van der Waals surface area (Å²) in [6.07, 6.45) is 0. The average Bonchev–Trinajstić information content (AvgIpc) is 2.72. The molecule has 2 atom stereocenters. The molecule has 0 radical (unpaired) electrons. The first-order valence-electron chi connectivity index (χ1n) is 8.11. The minimum atomic E-state index is -0.715. The Balaban J connectivity index is 2.15. The monoisotopic (exact) mass is 337 g/mol. The lowest BCUT2D eigenvalue weighted by molar-refractivity contribution is -0.138. The van der Waals surface area contributed by atoms with E-state index in [1.165, 1.54) is 0 Å². The van der Waals surface area contributed by atoms with Crippen LogP contribution in [0.25, 0.3) is 0 Å². The summed E-state index contributed by atoms with van der Waals surface area (Å²) in [5, 5.41) is 0. The smallest absolute Gasteiger partial charge is 0.320 e. The molecule has 0 aliphatic carbocycles. The second-order valence-corrected chi connectivity index (χ2v) is 6.21. The van der Waals surface area contributed by atoms with Crippen molar-refractivity contribution >= 4 is 23.2 Å². The molecule has 1 unspecified atom stereocenters. The van der Waals surface area contributed by atoms with Gasteiger partial charge in [0.2, 0.25) is 0 Å². The maximum atomic E-state index is 12.8. The summed E-state index contributed by atoms with van der Waals surface area (Å²) in [6.45, 7) is 1.55. The number of hydrogen-bond acceptors (Lipinski definition) is 4. The molecule has 6 nitrogen and oxygen atoms in total. The van der Waals surface area contributed by atoms with Crippen LogP contribution in [0.2, 0.25) is 0 Å².